The summed E-state index contributed by atoms with van der Waals surface area (Å²) in [5.41, 5.74) is 1.57. The molecular formula is C17H23F3N2O2. The fraction of sp³-hybridized carbons (Fsp3) is 0.588. The number of alkyl halides is 3. The van der Waals surface area contributed by atoms with Crippen LogP contribution in [0.15, 0.2) is 24.3 Å². The fourth-order valence-electron chi connectivity index (χ4n) is 2.60. The number of carbonyl (C=O) groups is 1. The summed E-state index contributed by atoms with van der Waals surface area (Å²) in [5, 5.41) is 0.968. The highest BCUT2D eigenvalue weighted by Crippen LogP contribution is 2.40. The van der Waals surface area contributed by atoms with Gasteiger partial charge in [-0.25, -0.2) is 5.01 Å². The number of benzene rings is 1. The number of carbonyl (C=O) groups excluding carboxylic acids is 1. The van der Waals surface area contributed by atoms with Gasteiger partial charge in [0.2, 0.25) is 5.91 Å². The topological polar surface area (TPSA) is 41.6 Å². The zero-order chi connectivity index (χ0) is 18.0. The maximum absolute atomic E-state index is 13.6. The average molecular weight is 344 g/mol. The number of hydrogen-bond donors (Lipinski definition) is 1. The molecule has 7 heteroatoms. The predicted octanol–water partition coefficient (Wildman–Crippen LogP) is 3.84. The lowest BCUT2D eigenvalue weighted by Gasteiger charge is -2.29. The number of hydrogen-bond acceptors (Lipinski definition) is 3. The average Bonchev–Trinajstić information content (AvgIpc) is 2.73. The van der Waals surface area contributed by atoms with Crippen LogP contribution < -0.4 is 10.2 Å². The molecule has 1 aliphatic heterocycles. The molecule has 1 N–H and O–H groups in total. The highest BCUT2D eigenvalue weighted by atomic mass is 19.4. The Kier molecular flexibility index (Phi) is 5.42. The number of hydrazine groups is 1. The molecule has 0 aromatic heterocycles. The lowest BCUT2D eigenvalue weighted by atomic mass is 9.93. The van der Waals surface area contributed by atoms with Gasteiger partial charge in [-0.15, -0.1) is 0 Å². The molecular weight excluding hydrogens is 321 g/mol. The maximum atomic E-state index is 13.6. The Morgan fingerprint density at radius 3 is 2.38 bits per heavy atom. The van der Waals surface area contributed by atoms with Crippen molar-refractivity contribution in [3.8, 4) is 5.75 Å². The molecule has 0 radical (unpaired) electrons. The van der Waals surface area contributed by atoms with Crippen LogP contribution in [0.4, 0.5) is 13.2 Å². The molecule has 0 bridgehead atoms. The molecule has 24 heavy (non-hydrogen) atoms. The van der Waals surface area contributed by atoms with Crippen molar-refractivity contribution in [1.29, 1.82) is 0 Å². The number of nitrogens with one attached hydrogen (secondary N) is 1. The standard InChI is InChI=1S/C17H23F3N2O2/c1-4-5-10-24-13-8-6-12(7-9-13)14(17(18,19)20)22-11-16(2,3)15(23)21-22/h6-9,14H,4-5,10-11H2,1-3H3,(H,21,23). The minimum absolute atomic E-state index is 0.00917. The van der Waals surface area contributed by atoms with E-state index in [1.807, 2.05) is 6.92 Å². The van der Waals surface area contributed by atoms with Crippen LogP contribution in [0.25, 0.3) is 0 Å². The lowest BCUT2D eigenvalue weighted by molar-refractivity contribution is -0.191. The first-order chi connectivity index (χ1) is 11.1. The summed E-state index contributed by atoms with van der Waals surface area (Å²) in [7, 11) is 0. The number of ether oxygens (including phenoxy) is 1. The molecule has 1 heterocycles. The monoisotopic (exact) mass is 344 g/mol. The number of rotatable bonds is 6. The molecule has 4 nitrogen and oxygen atoms in total. The molecule has 1 amide bonds. The van der Waals surface area contributed by atoms with Crippen LogP contribution in [0.5, 0.6) is 5.75 Å². The molecule has 1 aliphatic rings. The first kappa shape index (κ1) is 18.6. The molecule has 1 fully saturated rings. The Morgan fingerprint density at radius 1 is 1.29 bits per heavy atom. The molecule has 1 unspecified atom stereocenters. The molecule has 1 aromatic rings. The van der Waals surface area contributed by atoms with Gasteiger partial charge in [0.1, 0.15) is 11.8 Å². The summed E-state index contributed by atoms with van der Waals surface area (Å²) in [6.45, 7) is 5.81. The van der Waals surface area contributed by atoms with Gasteiger partial charge in [0.05, 0.1) is 12.0 Å². The van der Waals surface area contributed by atoms with Crippen LogP contribution in [0.2, 0.25) is 0 Å². The molecule has 1 saturated heterocycles. The summed E-state index contributed by atoms with van der Waals surface area (Å²) in [4.78, 5) is 11.8. The van der Waals surface area contributed by atoms with Gasteiger partial charge in [0, 0.05) is 6.54 Å². The van der Waals surface area contributed by atoms with E-state index in [4.69, 9.17) is 4.74 Å². The SMILES string of the molecule is CCCCOc1ccc(C(N2CC(C)(C)C(=O)N2)C(F)(F)F)cc1. The molecule has 1 aromatic carbocycles. The van der Waals surface area contributed by atoms with Crippen molar-refractivity contribution in [3.63, 3.8) is 0 Å². The van der Waals surface area contributed by atoms with Gasteiger partial charge in [-0.1, -0.05) is 25.5 Å². The molecule has 1 atom stereocenters. The summed E-state index contributed by atoms with van der Waals surface area (Å²) in [5.74, 6) is 0.134. The van der Waals surface area contributed by atoms with E-state index < -0.39 is 23.5 Å². The number of halogens is 3. The Hall–Kier alpha value is -1.76. The normalized spacial score (nSPS) is 19.2. The van der Waals surface area contributed by atoms with E-state index in [9.17, 15) is 18.0 Å². The zero-order valence-electron chi connectivity index (χ0n) is 14.1. The van der Waals surface area contributed by atoms with Crippen molar-refractivity contribution in [2.45, 2.75) is 45.8 Å². The number of amides is 1. The van der Waals surface area contributed by atoms with Gasteiger partial charge >= 0.3 is 6.18 Å². The van der Waals surface area contributed by atoms with E-state index in [0.29, 0.717) is 12.4 Å². The molecule has 134 valence electrons. The third-order valence-electron chi connectivity index (χ3n) is 4.01. The molecule has 2 rings (SSSR count). The molecule has 0 saturated carbocycles. The largest absolute Gasteiger partial charge is 0.494 e. The van der Waals surface area contributed by atoms with Crippen molar-refractivity contribution in [1.82, 2.24) is 10.4 Å². The van der Waals surface area contributed by atoms with Crippen LogP contribution >= 0.6 is 0 Å². The quantitative estimate of drug-likeness (QED) is 0.797. The predicted molar refractivity (Wildman–Crippen MR) is 84.3 cm³/mol. The second kappa shape index (κ2) is 7.01. The Labute approximate surface area is 139 Å². The van der Waals surface area contributed by atoms with Crippen LogP contribution in [0.3, 0.4) is 0 Å². The van der Waals surface area contributed by atoms with Crippen molar-refractivity contribution in [3.05, 3.63) is 29.8 Å². The van der Waals surface area contributed by atoms with E-state index in [0.717, 1.165) is 17.9 Å². The van der Waals surface area contributed by atoms with E-state index in [2.05, 4.69) is 5.43 Å². The summed E-state index contributed by atoms with van der Waals surface area (Å²) >= 11 is 0. The highest BCUT2D eigenvalue weighted by molar-refractivity contribution is 5.83. The van der Waals surface area contributed by atoms with Crippen LogP contribution in [0, 0.1) is 5.41 Å². The van der Waals surface area contributed by atoms with Gasteiger partial charge in [-0.3, -0.25) is 10.2 Å². The molecule has 0 spiro atoms. The van der Waals surface area contributed by atoms with Crippen molar-refractivity contribution >= 4 is 5.91 Å². The van der Waals surface area contributed by atoms with Gasteiger partial charge in [-0.05, 0) is 38.0 Å². The lowest BCUT2D eigenvalue weighted by Crippen LogP contribution is -2.43. The Morgan fingerprint density at radius 2 is 1.92 bits per heavy atom. The number of nitrogens with zero attached hydrogens (tertiary/aromatic N) is 1. The summed E-state index contributed by atoms with van der Waals surface area (Å²) in [6.07, 6.45) is -2.63. The van der Waals surface area contributed by atoms with Gasteiger partial charge < -0.3 is 4.74 Å². The number of unbranched alkanes of at least 4 members (excludes halogenated alkanes) is 1. The van der Waals surface area contributed by atoms with Gasteiger partial charge in [-0.2, -0.15) is 13.2 Å². The van der Waals surface area contributed by atoms with Crippen LogP contribution in [-0.4, -0.2) is 30.2 Å². The van der Waals surface area contributed by atoms with Gasteiger partial charge in [0.25, 0.3) is 0 Å². The third-order valence-corrected chi connectivity index (χ3v) is 4.01. The van der Waals surface area contributed by atoms with E-state index in [-0.39, 0.29) is 12.1 Å². The first-order valence-corrected chi connectivity index (χ1v) is 8.02. The third kappa shape index (κ3) is 4.20. The second-order valence-corrected chi connectivity index (χ2v) is 6.67. The van der Waals surface area contributed by atoms with Crippen LogP contribution in [-0.2, 0) is 4.79 Å². The van der Waals surface area contributed by atoms with Gasteiger partial charge in [0.15, 0.2) is 0 Å². The summed E-state index contributed by atoms with van der Waals surface area (Å²) < 4.78 is 46.2. The minimum Gasteiger partial charge on any atom is -0.494 e. The highest BCUT2D eigenvalue weighted by Gasteiger charge is 2.51. The smallest absolute Gasteiger partial charge is 0.409 e. The minimum atomic E-state index is -4.50. The van der Waals surface area contributed by atoms with Crippen molar-refractivity contribution in [2.75, 3.05) is 13.2 Å². The van der Waals surface area contributed by atoms with Crippen LogP contribution in [0.1, 0.15) is 45.2 Å². The molecule has 0 aliphatic carbocycles. The van der Waals surface area contributed by atoms with E-state index >= 15 is 0 Å². The zero-order valence-corrected chi connectivity index (χ0v) is 14.1. The van der Waals surface area contributed by atoms with Crippen molar-refractivity contribution in [2.24, 2.45) is 5.41 Å². The Bertz CT molecular complexity index is 570. The fourth-order valence-corrected chi connectivity index (χ4v) is 2.60. The maximum Gasteiger partial charge on any atom is 0.409 e. The summed E-state index contributed by atoms with van der Waals surface area (Å²) in [6, 6.07) is 3.99. The second-order valence-electron chi connectivity index (χ2n) is 6.67. The Balaban J connectivity index is 2.19. The van der Waals surface area contributed by atoms with Crippen molar-refractivity contribution < 1.29 is 22.7 Å². The van der Waals surface area contributed by atoms with E-state index in [1.54, 1.807) is 13.8 Å². The first-order valence-electron chi connectivity index (χ1n) is 8.02. The van der Waals surface area contributed by atoms with E-state index in [1.165, 1.54) is 24.3 Å².